The second-order valence-electron chi connectivity index (χ2n) is 4.23. The van der Waals surface area contributed by atoms with Gasteiger partial charge in [-0.3, -0.25) is 0 Å². The minimum absolute atomic E-state index is 0.694. The summed E-state index contributed by atoms with van der Waals surface area (Å²) in [7, 11) is 0. The quantitative estimate of drug-likeness (QED) is 0.759. The maximum absolute atomic E-state index is 4.54. The Labute approximate surface area is 93.6 Å². The molecule has 1 N–H and O–H groups in total. The molecule has 0 radical (unpaired) electrons. The lowest BCUT2D eigenvalue weighted by Gasteiger charge is -2.11. The zero-order valence-electron chi connectivity index (χ0n) is 8.65. The summed E-state index contributed by atoms with van der Waals surface area (Å²) in [6.45, 7) is 2.12. The van der Waals surface area contributed by atoms with Crippen LogP contribution in [0.5, 0.6) is 0 Å². The van der Waals surface area contributed by atoms with Gasteiger partial charge in [-0.05, 0) is 35.7 Å². The van der Waals surface area contributed by atoms with Gasteiger partial charge in [-0.2, -0.15) is 0 Å². The van der Waals surface area contributed by atoms with Crippen molar-refractivity contribution in [3.8, 4) is 0 Å². The largest absolute Gasteiger partial charge is 0.336 e. The van der Waals surface area contributed by atoms with E-state index in [4.69, 9.17) is 0 Å². The van der Waals surface area contributed by atoms with E-state index in [1.54, 1.807) is 0 Å². The molecule has 1 saturated carbocycles. The molecule has 0 atom stereocenters. The average molecular weight is 257 g/mol. The van der Waals surface area contributed by atoms with Crippen LogP contribution < -0.4 is 0 Å². The first-order chi connectivity index (χ1) is 6.77. The molecule has 0 bridgehead atoms. The fraction of sp³-hybridized carbons (Fsp3) is 0.727. The van der Waals surface area contributed by atoms with E-state index < -0.39 is 0 Å². The third kappa shape index (κ3) is 2.19. The van der Waals surface area contributed by atoms with E-state index in [9.17, 15) is 0 Å². The van der Waals surface area contributed by atoms with Crippen molar-refractivity contribution in [1.29, 1.82) is 0 Å². The van der Waals surface area contributed by atoms with E-state index in [2.05, 4.69) is 32.8 Å². The monoisotopic (exact) mass is 256 g/mol. The Balaban J connectivity index is 2.15. The summed E-state index contributed by atoms with van der Waals surface area (Å²) in [5, 5.41) is 0. The van der Waals surface area contributed by atoms with Gasteiger partial charge in [0, 0.05) is 11.6 Å². The van der Waals surface area contributed by atoms with Crippen LogP contribution in [-0.2, 0) is 0 Å². The number of aromatic nitrogens is 2. The summed E-state index contributed by atoms with van der Waals surface area (Å²) in [6, 6.07) is 0. The second-order valence-corrected chi connectivity index (χ2v) is 4.98. The number of rotatable bonds is 1. The molecule has 0 saturated heterocycles. The van der Waals surface area contributed by atoms with Gasteiger partial charge in [-0.15, -0.1) is 0 Å². The zero-order valence-corrected chi connectivity index (χ0v) is 10.2. The van der Waals surface area contributed by atoms with E-state index in [1.807, 2.05) is 0 Å². The lowest BCUT2D eigenvalue weighted by atomic mass is 9.95. The molecule has 2 rings (SSSR count). The van der Waals surface area contributed by atoms with Crippen molar-refractivity contribution in [3.05, 3.63) is 16.1 Å². The van der Waals surface area contributed by atoms with E-state index in [1.165, 1.54) is 49.9 Å². The molecule has 78 valence electrons. The summed E-state index contributed by atoms with van der Waals surface area (Å²) in [6.07, 6.45) is 8.18. The van der Waals surface area contributed by atoms with Crippen LogP contribution >= 0.6 is 15.9 Å². The number of imidazole rings is 1. The maximum Gasteiger partial charge on any atom is 0.174 e. The Kier molecular flexibility index (Phi) is 3.26. The van der Waals surface area contributed by atoms with Crippen LogP contribution in [0.4, 0.5) is 0 Å². The molecule has 1 aliphatic carbocycles. The van der Waals surface area contributed by atoms with Gasteiger partial charge in [0.1, 0.15) is 0 Å². The smallest absolute Gasteiger partial charge is 0.174 e. The summed E-state index contributed by atoms with van der Waals surface area (Å²) < 4.78 is 0.884. The first kappa shape index (κ1) is 10.2. The Morgan fingerprint density at radius 2 is 1.86 bits per heavy atom. The Morgan fingerprint density at radius 3 is 2.36 bits per heavy atom. The Hall–Kier alpha value is -0.310. The van der Waals surface area contributed by atoms with Crippen LogP contribution in [0, 0.1) is 6.92 Å². The molecule has 1 heterocycles. The molecule has 0 amide bonds. The van der Waals surface area contributed by atoms with Gasteiger partial charge in [0.25, 0.3) is 0 Å². The van der Waals surface area contributed by atoms with Crippen LogP contribution in [0.3, 0.4) is 0 Å². The molecule has 2 nitrogen and oxygen atoms in total. The van der Waals surface area contributed by atoms with Gasteiger partial charge < -0.3 is 4.98 Å². The lowest BCUT2D eigenvalue weighted by molar-refractivity contribution is 0.576. The summed E-state index contributed by atoms with van der Waals surface area (Å²) in [5.41, 5.74) is 2.53. The van der Waals surface area contributed by atoms with Crippen molar-refractivity contribution in [3.63, 3.8) is 0 Å². The normalized spacial score (nSPS) is 19.6. The third-order valence-electron chi connectivity index (χ3n) is 3.14. The topological polar surface area (TPSA) is 28.7 Å². The van der Waals surface area contributed by atoms with E-state index in [0.29, 0.717) is 5.92 Å². The van der Waals surface area contributed by atoms with Gasteiger partial charge in [0.2, 0.25) is 0 Å². The number of hydrogen-bond donors (Lipinski definition) is 1. The van der Waals surface area contributed by atoms with E-state index in [-0.39, 0.29) is 0 Å². The highest BCUT2D eigenvalue weighted by Crippen LogP contribution is 2.32. The molecule has 14 heavy (non-hydrogen) atoms. The van der Waals surface area contributed by atoms with E-state index >= 15 is 0 Å². The number of nitrogens with one attached hydrogen (secondary N) is 1. The molecule has 0 aromatic carbocycles. The van der Waals surface area contributed by atoms with Gasteiger partial charge in [-0.25, -0.2) is 4.98 Å². The molecular formula is C11H17BrN2. The molecule has 0 aliphatic heterocycles. The highest BCUT2D eigenvalue weighted by atomic mass is 79.9. The number of H-pyrrole nitrogens is 1. The SMILES string of the molecule is Cc1[nH]c(Br)nc1C1CCCCCC1. The molecule has 0 unspecified atom stereocenters. The van der Waals surface area contributed by atoms with Crippen LogP contribution in [0.25, 0.3) is 0 Å². The summed E-state index contributed by atoms with van der Waals surface area (Å²) >= 11 is 3.40. The molecule has 1 aromatic heterocycles. The minimum atomic E-state index is 0.694. The van der Waals surface area contributed by atoms with Crippen molar-refractivity contribution in [2.75, 3.05) is 0 Å². The fourth-order valence-corrected chi connectivity index (χ4v) is 2.87. The number of halogens is 1. The number of nitrogens with zero attached hydrogens (tertiary/aromatic N) is 1. The van der Waals surface area contributed by atoms with E-state index in [0.717, 1.165) is 4.73 Å². The number of aryl methyl sites for hydroxylation is 1. The highest BCUT2D eigenvalue weighted by molar-refractivity contribution is 9.10. The fourth-order valence-electron chi connectivity index (χ4n) is 2.39. The van der Waals surface area contributed by atoms with Crippen LogP contribution in [0.15, 0.2) is 4.73 Å². The van der Waals surface area contributed by atoms with Crippen molar-refractivity contribution in [1.82, 2.24) is 9.97 Å². The molecule has 3 heteroatoms. The van der Waals surface area contributed by atoms with Crippen LogP contribution in [0.2, 0.25) is 0 Å². The second kappa shape index (κ2) is 4.47. The third-order valence-corrected chi connectivity index (χ3v) is 3.51. The molecular weight excluding hydrogens is 240 g/mol. The number of aromatic amines is 1. The van der Waals surface area contributed by atoms with Gasteiger partial charge in [0.05, 0.1) is 5.69 Å². The predicted octanol–water partition coefficient (Wildman–Crippen LogP) is 3.92. The first-order valence-corrected chi connectivity index (χ1v) is 6.28. The standard InChI is InChI=1S/C11H17BrN2/c1-8-10(14-11(12)13-8)9-6-4-2-3-5-7-9/h9H,2-7H2,1H3,(H,13,14). The van der Waals surface area contributed by atoms with Crippen LogP contribution in [-0.4, -0.2) is 9.97 Å². The molecule has 0 spiro atoms. The Bertz CT molecular complexity index is 298. The molecule has 1 aromatic rings. The summed E-state index contributed by atoms with van der Waals surface area (Å²) in [5.74, 6) is 0.694. The maximum atomic E-state index is 4.54. The van der Waals surface area contributed by atoms with Crippen molar-refractivity contribution in [2.45, 2.75) is 51.4 Å². The molecule has 1 aliphatic rings. The highest BCUT2D eigenvalue weighted by Gasteiger charge is 2.19. The average Bonchev–Trinajstić information content (AvgIpc) is 2.43. The van der Waals surface area contributed by atoms with Crippen molar-refractivity contribution in [2.24, 2.45) is 0 Å². The minimum Gasteiger partial charge on any atom is -0.336 e. The predicted molar refractivity (Wildman–Crippen MR) is 61.5 cm³/mol. The van der Waals surface area contributed by atoms with Gasteiger partial charge >= 0.3 is 0 Å². The first-order valence-electron chi connectivity index (χ1n) is 5.49. The van der Waals surface area contributed by atoms with Crippen LogP contribution in [0.1, 0.15) is 55.8 Å². The van der Waals surface area contributed by atoms with Gasteiger partial charge in [-0.1, -0.05) is 25.7 Å². The van der Waals surface area contributed by atoms with Gasteiger partial charge in [0.15, 0.2) is 4.73 Å². The van der Waals surface area contributed by atoms with Crippen molar-refractivity contribution >= 4 is 15.9 Å². The number of hydrogen-bond acceptors (Lipinski definition) is 1. The van der Waals surface area contributed by atoms with Crippen molar-refractivity contribution < 1.29 is 0 Å². The summed E-state index contributed by atoms with van der Waals surface area (Å²) in [4.78, 5) is 7.77. The lowest BCUT2D eigenvalue weighted by Crippen LogP contribution is -1.99. The Morgan fingerprint density at radius 1 is 1.21 bits per heavy atom. The molecule has 1 fully saturated rings. The zero-order chi connectivity index (χ0) is 9.97.